The molecular weight excluding hydrogens is 457 g/mol. The first-order valence-electron chi connectivity index (χ1n) is 10.8. The van der Waals surface area contributed by atoms with Crippen LogP contribution in [-0.2, 0) is 20.9 Å². The summed E-state index contributed by atoms with van der Waals surface area (Å²) < 4.78 is 24.7. The lowest BCUT2D eigenvalue weighted by Gasteiger charge is -2.24. The van der Waals surface area contributed by atoms with E-state index in [4.69, 9.17) is 9.47 Å². The Morgan fingerprint density at radius 1 is 1.20 bits per heavy atom. The van der Waals surface area contributed by atoms with Crippen LogP contribution in [0.1, 0.15) is 69.2 Å². The summed E-state index contributed by atoms with van der Waals surface area (Å²) in [7, 11) is 1.19. The van der Waals surface area contributed by atoms with Crippen molar-refractivity contribution in [3.63, 3.8) is 0 Å². The van der Waals surface area contributed by atoms with Gasteiger partial charge in [-0.2, -0.15) is 0 Å². The quantitative estimate of drug-likeness (QED) is 0.354. The Morgan fingerprint density at radius 3 is 2.60 bits per heavy atom. The van der Waals surface area contributed by atoms with E-state index in [9.17, 15) is 29.3 Å². The molecule has 3 N–H and O–H groups in total. The maximum Gasteiger partial charge on any atom is 0.306 e. The Balaban J connectivity index is 1.99. The van der Waals surface area contributed by atoms with Crippen molar-refractivity contribution in [2.24, 2.45) is 0 Å². The fourth-order valence-electron chi connectivity index (χ4n) is 4.42. The zero-order chi connectivity index (χ0) is 25.4. The fraction of sp³-hybridized carbons (Fsp3) is 0.269. The number of methoxy groups -OCH3 is 1. The molecule has 0 fully saturated rings. The second-order valence-electron chi connectivity index (χ2n) is 8.39. The number of nitrogens with zero attached hydrogens (tertiary/aromatic N) is 1. The van der Waals surface area contributed by atoms with Crippen LogP contribution in [0.15, 0.2) is 36.5 Å². The van der Waals surface area contributed by atoms with Crippen molar-refractivity contribution >= 4 is 11.8 Å². The predicted molar refractivity (Wildman–Crippen MR) is 122 cm³/mol. The molecule has 1 aliphatic heterocycles. The molecule has 0 saturated heterocycles. The number of hydrogen-bond acceptors (Lipinski definition) is 8. The monoisotopic (exact) mass is 481 g/mol. The first-order chi connectivity index (χ1) is 16.6. The summed E-state index contributed by atoms with van der Waals surface area (Å²) in [6, 6.07) is 6.67. The Labute approximate surface area is 200 Å². The van der Waals surface area contributed by atoms with E-state index in [0.717, 1.165) is 0 Å². The van der Waals surface area contributed by atoms with Crippen molar-refractivity contribution in [1.82, 2.24) is 4.98 Å². The number of ether oxygens (including phenoxy) is 2. The van der Waals surface area contributed by atoms with Gasteiger partial charge in [-0.15, -0.1) is 0 Å². The molecule has 2 aromatic carbocycles. The van der Waals surface area contributed by atoms with Crippen LogP contribution in [0.25, 0.3) is 0 Å². The number of phenols is 2. The van der Waals surface area contributed by atoms with Crippen molar-refractivity contribution in [1.29, 1.82) is 0 Å². The number of Topliss-reactive ketones (excluding diaryl/α,β-unsaturated/α-hetero) is 1. The zero-order valence-electron chi connectivity index (χ0n) is 19.3. The highest BCUT2D eigenvalue weighted by Crippen LogP contribution is 2.50. The van der Waals surface area contributed by atoms with E-state index in [2.05, 4.69) is 4.98 Å². The number of hydrogen-bond donors (Lipinski definition) is 3. The maximum absolute atomic E-state index is 14.1. The average Bonchev–Trinajstić information content (AvgIpc) is 3.25. The number of carbonyl (C=O) groups is 2. The summed E-state index contributed by atoms with van der Waals surface area (Å²) in [4.78, 5) is 28.9. The van der Waals surface area contributed by atoms with Crippen LogP contribution in [0.5, 0.6) is 17.2 Å². The van der Waals surface area contributed by atoms with Crippen LogP contribution >= 0.6 is 0 Å². The number of pyridine rings is 1. The molecule has 9 heteroatoms. The van der Waals surface area contributed by atoms with Gasteiger partial charge in [0.1, 0.15) is 29.2 Å². The molecule has 2 heterocycles. The molecule has 3 aromatic rings. The Bertz CT molecular complexity index is 1340. The Hall–Kier alpha value is -3.98. The number of aromatic nitrogens is 1. The molecule has 4 rings (SSSR count). The summed E-state index contributed by atoms with van der Waals surface area (Å²) in [5.41, 5.74) is 1.46. The number of fused-ring (bicyclic) bond motifs is 1. The third-order valence-electron chi connectivity index (χ3n) is 6.22. The summed E-state index contributed by atoms with van der Waals surface area (Å²) in [5, 5.41) is 33.1. The van der Waals surface area contributed by atoms with Gasteiger partial charge < -0.3 is 24.8 Å². The molecule has 182 valence electrons. The summed E-state index contributed by atoms with van der Waals surface area (Å²) in [5.74, 6) is -3.91. The smallest absolute Gasteiger partial charge is 0.306 e. The standard InChI is InChI=1S/C26H24FNO7/c1-12-23(31)21-15(10-28-12)11-35-26(21)19-8-17(13(2)29)24(32)22(25(19)33)18(9-20(30)34-3)14-5-4-6-16(27)7-14/h4-8,10,18,26,31-33H,9,11H2,1-3H3/t18-,26+/m0/s1. The van der Waals surface area contributed by atoms with Gasteiger partial charge in [0.15, 0.2) is 5.78 Å². The highest BCUT2D eigenvalue weighted by atomic mass is 19.1. The maximum atomic E-state index is 14.1. The molecule has 0 spiro atoms. The van der Waals surface area contributed by atoms with E-state index < -0.39 is 41.1 Å². The lowest BCUT2D eigenvalue weighted by molar-refractivity contribution is -0.140. The zero-order valence-corrected chi connectivity index (χ0v) is 19.3. The van der Waals surface area contributed by atoms with Gasteiger partial charge in [0.2, 0.25) is 0 Å². The number of rotatable bonds is 6. The number of ketones is 1. The molecule has 1 aliphatic rings. The van der Waals surface area contributed by atoms with Crippen LogP contribution in [0.4, 0.5) is 4.39 Å². The van der Waals surface area contributed by atoms with Gasteiger partial charge in [-0.25, -0.2) is 4.39 Å². The van der Waals surface area contributed by atoms with Crippen molar-refractivity contribution in [2.45, 2.75) is 38.9 Å². The van der Waals surface area contributed by atoms with Gasteiger partial charge in [0, 0.05) is 34.4 Å². The van der Waals surface area contributed by atoms with Gasteiger partial charge in [0.25, 0.3) is 0 Å². The first kappa shape index (κ1) is 24.2. The lowest BCUT2D eigenvalue weighted by atomic mass is 9.83. The molecule has 0 amide bonds. The number of esters is 1. The van der Waals surface area contributed by atoms with E-state index in [1.165, 1.54) is 44.4 Å². The van der Waals surface area contributed by atoms with Gasteiger partial charge in [0.05, 0.1) is 31.4 Å². The van der Waals surface area contributed by atoms with Crippen molar-refractivity contribution < 1.29 is 38.8 Å². The number of benzene rings is 2. The number of aromatic hydroxyl groups is 3. The molecule has 1 aromatic heterocycles. The first-order valence-corrected chi connectivity index (χ1v) is 10.8. The van der Waals surface area contributed by atoms with E-state index in [1.807, 2.05) is 0 Å². The van der Waals surface area contributed by atoms with Crippen LogP contribution in [0, 0.1) is 12.7 Å². The van der Waals surface area contributed by atoms with Crippen LogP contribution in [-0.4, -0.2) is 39.2 Å². The molecule has 8 nitrogen and oxygen atoms in total. The molecule has 0 aliphatic carbocycles. The highest BCUT2D eigenvalue weighted by Gasteiger charge is 2.36. The highest BCUT2D eigenvalue weighted by molar-refractivity contribution is 5.98. The molecule has 2 atom stereocenters. The average molecular weight is 481 g/mol. The topological polar surface area (TPSA) is 126 Å². The van der Waals surface area contributed by atoms with Gasteiger partial charge in [-0.05, 0) is 37.6 Å². The Morgan fingerprint density at radius 2 is 1.94 bits per heavy atom. The van der Waals surface area contributed by atoms with E-state index in [1.54, 1.807) is 13.1 Å². The van der Waals surface area contributed by atoms with Crippen molar-refractivity contribution in [3.8, 4) is 17.2 Å². The Kier molecular flexibility index (Phi) is 6.45. The van der Waals surface area contributed by atoms with E-state index in [-0.39, 0.29) is 41.0 Å². The lowest BCUT2D eigenvalue weighted by Crippen LogP contribution is -2.13. The van der Waals surface area contributed by atoms with Crippen LogP contribution in [0.2, 0.25) is 0 Å². The largest absolute Gasteiger partial charge is 0.507 e. The summed E-state index contributed by atoms with van der Waals surface area (Å²) in [6.45, 7) is 2.96. The summed E-state index contributed by atoms with van der Waals surface area (Å²) in [6.07, 6.45) is 0.232. The molecule has 0 bridgehead atoms. The minimum Gasteiger partial charge on any atom is -0.507 e. The number of aryl methyl sites for hydroxylation is 1. The molecule has 35 heavy (non-hydrogen) atoms. The second-order valence-corrected chi connectivity index (χ2v) is 8.39. The third kappa shape index (κ3) is 4.30. The number of carbonyl (C=O) groups excluding carboxylic acids is 2. The SMILES string of the molecule is COC(=O)C[C@@H](c1cccc(F)c1)c1c(O)c(C(C)=O)cc([C@H]2OCc3cnc(C)c(O)c32)c1O. The van der Waals surface area contributed by atoms with Crippen LogP contribution in [0.3, 0.4) is 0 Å². The van der Waals surface area contributed by atoms with E-state index in [0.29, 0.717) is 16.8 Å². The second kappa shape index (κ2) is 9.34. The molecule has 0 saturated carbocycles. The minimum absolute atomic E-state index is 0.0986. The van der Waals surface area contributed by atoms with Gasteiger partial charge in [-0.3, -0.25) is 14.6 Å². The predicted octanol–water partition coefficient (Wildman–Crippen LogP) is 4.16. The van der Waals surface area contributed by atoms with Crippen molar-refractivity contribution in [2.75, 3.05) is 7.11 Å². The number of halogens is 1. The van der Waals surface area contributed by atoms with E-state index >= 15 is 0 Å². The molecule has 0 radical (unpaired) electrons. The van der Waals surface area contributed by atoms with Crippen molar-refractivity contribution in [3.05, 3.63) is 81.4 Å². The normalized spacial score (nSPS) is 15.5. The number of phenolic OH excluding ortho intramolecular Hbond substituents is 2. The summed E-state index contributed by atoms with van der Waals surface area (Å²) >= 11 is 0. The third-order valence-corrected chi connectivity index (χ3v) is 6.22. The molecule has 0 unspecified atom stereocenters. The van der Waals surface area contributed by atoms with Gasteiger partial charge >= 0.3 is 5.97 Å². The van der Waals surface area contributed by atoms with Gasteiger partial charge in [-0.1, -0.05) is 12.1 Å². The molecular formula is C26H24FNO7. The van der Waals surface area contributed by atoms with Crippen LogP contribution < -0.4 is 0 Å². The fourth-order valence-corrected chi connectivity index (χ4v) is 4.42. The minimum atomic E-state index is -1.05.